The summed E-state index contributed by atoms with van der Waals surface area (Å²) in [6, 6.07) is 6.43. The molecule has 144 valence electrons. The molecule has 1 amide bonds. The van der Waals surface area contributed by atoms with Crippen LogP contribution in [0, 0.1) is 0 Å². The fraction of sp³-hybridized carbons (Fsp3) is 0.294. The van der Waals surface area contributed by atoms with E-state index in [1.54, 1.807) is 6.07 Å². The molecule has 2 heterocycles. The SMILES string of the molecule is O=C(Nc1ccc(OC(F)(F)F)cc1)c1cnc(N2CC[C@H](O)C2)c(Br)c1. The number of β-amino-alcohol motifs (C(OH)–C–C–N with tert-alkyl or cyclic N) is 1. The molecule has 27 heavy (non-hydrogen) atoms. The zero-order valence-electron chi connectivity index (χ0n) is 13.8. The summed E-state index contributed by atoms with van der Waals surface area (Å²) in [7, 11) is 0. The summed E-state index contributed by atoms with van der Waals surface area (Å²) in [6.07, 6.45) is -3.10. The Kier molecular flexibility index (Phi) is 5.56. The van der Waals surface area contributed by atoms with E-state index in [1.165, 1.54) is 18.3 Å². The van der Waals surface area contributed by atoms with Crippen molar-refractivity contribution < 1.29 is 27.8 Å². The molecule has 6 nitrogen and oxygen atoms in total. The van der Waals surface area contributed by atoms with Crippen molar-refractivity contribution in [2.75, 3.05) is 23.3 Å². The molecule has 10 heteroatoms. The van der Waals surface area contributed by atoms with Crippen LogP contribution in [0.4, 0.5) is 24.7 Å². The number of hydrogen-bond acceptors (Lipinski definition) is 5. The number of halogens is 4. The number of carbonyl (C=O) groups excluding carboxylic acids is 1. The maximum absolute atomic E-state index is 12.3. The number of nitrogens with zero attached hydrogens (tertiary/aromatic N) is 2. The average molecular weight is 446 g/mol. The second kappa shape index (κ2) is 7.73. The van der Waals surface area contributed by atoms with Gasteiger partial charge in [0.1, 0.15) is 11.6 Å². The normalized spacial score (nSPS) is 17.1. The van der Waals surface area contributed by atoms with Crippen LogP contribution in [0.1, 0.15) is 16.8 Å². The molecule has 0 aliphatic carbocycles. The molecule has 3 rings (SSSR count). The van der Waals surface area contributed by atoms with Crippen molar-refractivity contribution in [3.05, 3.63) is 46.6 Å². The Hall–Kier alpha value is -2.33. The van der Waals surface area contributed by atoms with Gasteiger partial charge in [-0.05, 0) is 52.7 Å². The predicted octanol–water partition coefficient (Wildman–Crippen LogP) is 3.57. The maximum Gasteiger partial charge on any atom is 0.573 e. The number of benzene rings is 1. The van der Waals surface area contributed by atoms with Crippen LogP contribution in [0.25, 0.3) is 0 Å². The molecule has 0 spiro atoms. The van der Waals surface area contributed by atoms with Gasteiger partial charge in [0.05, 0.1) is 16.1 Å². The summed E-state index contributed by atoms with van der Waals surface area (Å²) >= 11 is 3.38. The molecule has 0 unspecified atom stereocenters. The monoisotopic (exact) mass is 445 g/mol. The van der Waals surface area contributed by atoms with Crippen LogP contribution >= 0.6 is 15.9 Å². The second-order valence-corrected chi connectivity index (χ2v) is 6.80. The minimum absolute atomic E-state index is 0.279. The lowest BCUT2D eigenvalue weighted by Crippen LogP contribution is -2.23. The van der Waals surface area contributed by atoms with E-state index in [0.29, 0.717) is 35.5 Å². The number of aliphatic hydroxyl groups excluding tert-OH is 1. The van der Waals surface area contributed by atoms with Crippen LogP contribution < -0.4 is 15.0 Å². The van der Waals surface area contributed by atoms with Crippen molar-refractivity contribution >= 4 is 33.3 Å². The predicted molar refractivity (Wildman–Crippen MR) is 95.9 cm³/mol. The number of pyridine rings is 1. The number of anilines is 2. The van der Waals surface area contributed by atoms with Crippen LogP contribution in [-0.2, 0) is 0 Å². The Balaban J connectivity index is 1.66. The molecule has 0 radical (unpaired) electrons. The van der Waals surface area contributed by atoms with Gasteiger partial charge in [0.15, 0.2) is 0 Å². The molecule has 1 fully saturated rings. The van der Waals surface area contributed by atoms with E-state index in [9.17, 15) is 23.1 Å². The summed E-state index contributed by atoms with van der Waals surface area (Å²) < 4.78 is 40.9. The van der Waals surface area contributed by atoms with Crippen molar-refractivity contribution in [1.82, 2.24) is 4.98 Å². The summed E-state index contributed by atoms with van der Waals surface area (Å²) in [6.45, 7) is 1.15. The zero-order chi connectivity index (χ0) is 19.6. The Morgan fingerprint density at radius 2 is 2.04 bits per heavy atom. The van der Waals surface area contributed by atoms with Gasteiger partial charge in [0.2, 0.25) is 0 Å². The molecular weight excluding hydrogens is 431 g/mol. The highest BCUT2D eigenvalue weighted by Gasteiger charge is 2.31. The molecule has 0 bridgehead atoms. The number of aromatic nitrogens is 1. The topological polar surface area (TPSA) is 74.7 Å². The maximum atomic E-state index is 12.3. The number of amides is 1. The smallest absolute Gasteiger partial charge is 0.406 e. The molecule has 1 saturated heterocycles. The van der Waals surface area contributed by atoms with E-state index < -0.39 is 18.4 Å². The van der Waals surface area contributed by atoms with Crippen molar-refractivity contribution in [3.63, 3.8) is 0 Å². The summed E-state index contributed by atoms with van der Waals surface area (Å²) in [5, 5.41) is 12.2. The average Bonchev–Trinajstić information content (AvgIpc) is 3.01. The second-order valence-electron chi connectivity index (χ2n) is 5.94. The summed E-state index contributed by atoms with van der Waals surface area (Å²) in [5.74, 6) is -0.195. The van der Waals surface area contributed by atoms with Gasteiger partial charge < -0.3 is 20.1 Å². The minimum Gasteiger partial charge on any atom is -0.406 e. The number of nitrogens with one attached hydrogen (secondary N) is 1. The van der Waals surface area contributed by atoms with Crippen molar-refractivity contribution in [3.8, 4) is 5.75 Å². The molecule has 1 aromatic carbocycles. The first-order chi connectivity index (χ1) is 12.7. The standard InChI is InChI=1S/C17H15BrF3N3O3/c18-14-7-10(8-22-15(14)24-6-5-12(25)9-24)16(26)23-11-1-3-13(4-2-11)27-17(19,20)21/h1-4,7-8,12,25H,5-6,9H2,(H,23,26)/t12-/m0/s1. The molecule has 1 aliphatic rings. The Bertz CT molecular complexity index is 830. The van der Waals surface area contributed by atoms with Crippen LogP contribution in [0.15, 0.2) is 41.0 Å². The summed E-state index contributed by atoms with van der Waals surface area (Å²) in [5.41, 5.74) is 0.596. The molecule has 1 atom stereocenters. The lowest BCUT2D eigenvalue weighted by atomic mass is 10.2. The fourth-order valence-corrected chi connectivity index (χ4v) is 3.26. The first-order valence-electron chi connectivity index (χ1n) is 7.97. The number of carbonyl (C=O) groups is 1. The molecular formula is C17H15BrF3N3O3. The number of alkyl halides is 3. The molecule has 1 aromatic heterocycles. The van der Waals surface area contributed by atoms with Gasteiger partial charge in [-0.1, -0.05) is 0 Å². The first kappa shape index (κ1) is 19.4. The fourth-order valence-electron chi connectivity index (χ4n) is 2.66. The molecule has 2 N–H and O–H groups in total. The lowest BCUT2D eigenvalue weighted by Gasteiger charge is -2.18. The van der Waals surface area contributed by atoms with Crippen LogP contribution in [0.3, 0.4) is 0 Å². The first-order valence-corrected chi connectivity index (χ1v) is 8.76. The summed E-state index contributed by atoms with van der Waals surface area (Å²) in [4.78, 5) is 18.5. The Labute approximate surface area is 161 Å². The van der Waals surface area contributed by atoms with E-state index in [-0.39, 0.29) is 11.3 Å². The third-order valence-corrected chi connectivity index (χ3v) is 4.48. The van der Waals surface area contributed by atoms with Crippen molar-refractivity contribution in [1.29, 1.82) is 0 Å². The van der Waals surface area contributed by atoms with E-state index in [2.05, 4.69) is 31.0 Å². The van der Waals surface area contributed by atoms with E-state index in [1.807, 2.05) is 4.90 Å². The largest absolute Gasteiger partial charge is 0.573 e. The van der Waals surface area contributed by atoms with Gasteiger partial charge in [-0.3, -0.25) is 4.79 Å². The number of hydrogen-bond donors (Lipinski definition) is 2. The van der Waals surface area contributed by atoms with Gasteiger partial charge in [0, 0.05) is 25.0 Å². The van der Waals surface area contributed by atoms with E-state index in [0.717, 1.165) is 12.1 Å². The number of aliphatic hydroxyl groups is 1. The van der Waals surface area contributed by atoms with Crippen LogP contribution in [-0.4, -0.2) is 41.6 Å². The van der Waals surface area contributed by atoms with E-state index >= 15 is 0 Å². The van der Waals surface area contributed by atoms with Gasteiger partial charge in [-0.25, -0.2) is 4.98 Å². The molecule has 2 aromatic rings. The van der Waals surface area contributed by atoms with Gasteiger partial charge in [-0.2, -0.15) is 0 Å². The van der Waals surface area contributed by atoms with Crippen LogP contribution in [0.5, 0.6) is 5.75 Å². The number of rotatable bonds is 4. The third kappa shape index (κ3) is 5.10. The van der Waals surface area contributed by atoms with E-state index in [4.69, 9.17) is 0 Å². The zero-order valence-corrected chi connectivity index (χ0v) is 15.4. The highest BCUT2D eigenvalue weighted by Crippen LogP contribution is 2.28. The highest BCUT2D eigenvalue weighted by molar-refractivity contribution is 9.10. The van der Waals surface area contributed by atoms with Crippen molar-refractivity contribution in [2.45, 2.75) is 18.9 Å². The van der Waals surface area contributed by atoms with Crippen molar-refractivity contribution in [2.24, 2.45) is 0 Å². The molecule has 1 aliphatic heterocycles. The number of ether oxygens (including phenoxy) is 1. The van der Waals surface area contributed by atoms with Crippen LogP contribution in [0.2, 0.25) is 0 Å². The van der Waals surface area contributed by atoms with Gasteiger partial charge >= 0.3 is 6.36 Å². The highest BCUT2D eigenvalue weighted by atomic mass is 79.9. The van der Waals surface area contributed by atoms with Gasteiger partial charge in [-0.15, -0.1) is 13.2 Å². The lowest BCUT2D eigenvalue weighted by molar-refractivity contribution is -0.274. The third-order valence-electron chi connectivity index (χ3n) is 3.89. The quantitative estimate of drug-likeness (QED) is 0.752. The molecule has 0 saturated carbocycles. The minimum atomic E-state index is -4.77. The Morgan fingerprint density at radius 3 is 2.59 bits per heavy atom. The Morgan fingerprint density at radius 1 is 1.33 bits per heavy atom. The van der Waals surface area contributed by atoms with Gasteiger partial charge in [0.25, 0.3) is 5.91 Å².